The maximum absolute atomic E-state index is 2.37. The molecule has 0 heterocycles. The fourth-order valence-corrected chi connectivity index (χ4v) is 6.78. The normalized spacial score (nSPS) is 29.8. The minimum absolute atomic E-state index is 0.866. The van der Waals surface area contributed by atoms with Gasteiger partial charge in [-0.3, -0.25) is 0 Å². The first kappa shape index (κ1) is 28.2. The van der Waals surface area contributed by atoms with E-state index in [1.165, 1.54) is 77.0 Å². The molecule has 2 bridgehead atoms. The molecule has 0 heteroatoms. The molecule has 190 valence electrons. The average Bonchev–Trinajstić information content (AvgIpc) is 3.14. The standard InChI is InChI=1S/C9H18.C8H14.C8H16.C7H14/c1-8(2)9-6-4-3-5-7-9;1-6(2)8-3-7(4-8)5-8;1-7(2)8-5-3-4-6-8;1-6(2)7-4-3-5-7/h8-9H,3-7H2,1-2H3;6-7H,3-5H2,1-2H3;7-8H,3-6H2,1-2H3;6-7H,3-5H2,1-2H3. The van der Waals surface area contributed by atoms with Crippen LogP contribution in [0.2, 0.25) is 0 Å². The lowest BCUT2D eigenvalue weighted by molar-refractivity contribution is -0.141. The summed E-state index contributed by atoms with van der Waals surface area (Å²) in [6.45, 7) is 18.8. The smallest absolute Gasteiger partial charge is 0.0267 e. The van der Waals surface area contributed by atoms with Gasteiger partial charge in [0.2, 0.25) is 0 Å². The van der Waals surface area contributed by atoms with Crippen molar-refractivity contribution in [2.75, 3.05) is 0 Å². The lowest BCUT2D eigenvalue weighted by Gasteiger charge is -2.64. The summed E-state index contributed by atoms with van der Waals surface area (Å²) in [5, 5.41) is 0. The molecule has 6 fully saturated rings. The predicted octanol–water partition coefficient (Wildman–Crippen LogP) is 10.9. The Morgan fingerprint density at radius 1 is 0.438 bits per heavy atom. The van der Waals surface area contributed by atoms with Crippen LogP contribution in [0.25, 0.3) is 0 Å². The third kappa shape index (κ3) is 8.65. The number of rotatable bonds is 4. The molecule has 32 heavy (non-hydrogen) atoms. The summed E-state index contributed by atoms with van der Waals surface area (Å²) in [5.41, 5.74) is 0.866. The van der Waals surface area contributed by atoms with Gasteiger partial charge in [0.05, 0.1) is 0 Å². The largest absolute Gasteiger partial charge is 0.0625 e. The van der Waals surface area contributed by atoms with Crippen molar-refractivity contribution in [2.24, 2.45) is 52.8 Å². The Kier molecular flexibility index (Phi) is 12.2. The minimum atomic E-state index is 0.866. The highest BCUT2D eigenvalue weighted by Crippen LogP contribution is 2.67. The highest BCUT2D eigenvalue weighted by atomic mass is 14.6. The van der Waals surface area contributed by atoms with Crippen molar-refractivity contribution >= 4 is 0 Å². The van der Waals surface area contributed by atoms with Gasteiger partial charge in [-0.15, -0.1) is 0 Å². The third-order valence-corrected chi connectivity index (χ3v) is 10.3. The van der Waals surface area contributed by atoms with Crippen LogP contribution >= 0.6 is 0 Å². The van der Waals surface area contributed by atoms with E-state index in [9.17, 15) is 0 Å². The van der Waals surface area contributed by atoms with Gasteiger partial charge in [-0.2, -0.15) is 0 Å². The highest BCUT2D eigenvalue weighted by molar-refractivity contribution is 5.07. The topological polar surface area (TPSA) is 0 Å². The van der Waals surface area contributed by atoms with Crippen LogP contribution in [0.15, 0.2) is 0 Å². The molecule has 0 amide bonds. The summed E-state index contributed by atoms with van der Waals surface area (Å²) < 4.78 is 0. The first-order chi connectivity index (χ1) is 15.1. The van der Waals surface area contributed by atoms with Gasteiger partial charge in [-0.1, -0.05) is 132 Å². The van der Waals surface area contributed by atoms with Crippen LogP contribution in [0.5, 0.6) is 0 Å². The van der Waals surface area contributed by atoms with E-state index in [1.54, 1.807) is 19.3 Å². The van der Waals surface area contributed by atoms with Crippen molar-refractivity contribution in [3.05, 3.63) is 0 Å². The fourth-order valence-electron chi connectivity index (χ4n) is 6.78. The summed E-state index contributed by atoms with van der Waals surface area (Å²) in [5.74, 6) is 8.16. The van der Waals surface area contributed by atoms with E-state index in [-0.39, 0.29) is 0 Å². The van der Waals surface area contributed by atoms with E-state index in [4.69, 9.17) is 0 Å². The van der Waals surface area contributed by atoms with Crippen LogP contribution < -0.4 is 0 Å². The molecular formula is C32H62. The maximum Gasteiger partial charge on any atom is -0.0267 e. The van der Waals surface area contributed by atoms with Crippen molar-refractivity contribution in [1.29, 1.82) is 0 Å². The quantitative estimate of drug-likeness (QED) is 0.402. The van der Waals surface area contributed by atoms with E-state index in [1.807, 2.05) is 0 Å². The van der Waals surface area contributed by atoms with Crippen LogP contribution in [0.1, 0.15) is 152 Å². The van der Waals surface area contributed by atoms with E-state index < -0.39 is 0 Å². The van der Waals surface area contributed by atoms with Crippen LogP contribution in [-0.2, 0) is 0 Å². The van der Waals surface area contributed by atoms with Crippen LogP contribution in [0.3, 0.4) is 0 Å². The summed E-state index contributed by atoms with van der Waals surface area (Å²) in [7, 11) is 0. The van der Waals surface area contributed by atoms with Gasteiger partial charge in [0, 0.05) is 0 Å². The monoisotopic (exact) mass is 446 g/mol. The highest BCUT2D eigenvalue weighted by Gasteiger charge is 2.57. The molecule has 0 unspecified atom stereocenters. The molecule has 0 aromatic rings. The molecular weight excluding hydrogens is 384 g/mol. The second-order valence-electron chi connectivity index (χ2n) is 13.9. The van der Waals surface area contributed by atoms with E-state index >= 15 is 0 Å². The zero-order valence-electron chi connectivity index (χ0n) is 23.7. The Morgan fingerprint density at radius 2 is 0.750 bits per heavy atom. The molecule has 0 aromatic carbocycles. The Bertz CT molecular complexity index is 451. The molecule has 0 aromatic heterocycles. The van der Waals surface area contributed by atoms with Gasteiger partial charge in [-0.05, 0) is 72.0 Å². The van der Waals surface area contributed by atoms with Gasteiger partial charge >= 0.3 is 0 Å². The van der Waals surface area contributed by atoms with E-state index in [0.717, 1.165) is 52.8 Å². The Morgan fingerprint density at radius 3 is 0.875 bits per heavy atom. The van der Waals surface area contributed by atoms with E-state index in [2.05, 4.69) is 55.4 Å². The molecule has 0 spiro atoms. The molecule has 0 saturated heterocycles. The molecule has 6 aliphatic carbocycles. The van der Waals surface area contributed by atoms with Gasteiger partial charge < -0.3 is 0 Å². The van der Waals surface area contributed by atoms with Gasteiger partial charge in [-0.25, -0.2) is 0 Å². The average molecular weight is 447 g/mol. The Hall–Kier alpha value is 0. The maximum atomic E-state index is 2.37. The lowest BCUT2D eigenvalue weighted by Crippen LogP contribution is -2.54. The summed E-state index contributed by atoms with van der Waals surface area (Å²) in [6.07, 6.45) is 22.6. The zero-order chi connectivity index (χ0) is 23.7. The Labute approximate surface area is 204 Å². The molecule has 0 N–H and O–H groups in total. The Balaban J connectivity index is 0.000000152. The molecule has 6 saturated carbocycles. The van der Waals surface area contributed by atoms with Crippen molar-refractivity contribution in [3.63, 3.8) is 0 Å². The molecule has 6 aliphatic rings. The van der Waals surface area contributed by atoms with Crippen molar-refractivity contribution in [1.82, 2.24) is 0 Å². The van der Waals surface area contributed by atoms with Crippen molar-refractivity contribution in [3.8, 4) is 0 Å². The van der Waals surface area contributed by atoms with E-state index in [0.29, 0.717) is 0 Å². The van der Waals surface area contributed by atoms with Crippen LogP contribution in [-0.4, -0.2) is 0 Å². The minimum Gasteiger partial charge on any atom is -0.0625 e. The molecule has 0 aliphatic heterocycles. The van der Waals surface area contributed by atoms with Crippen LogP contribution in [0, 0.1) is 52.8 Å². The van der Waals surface area contributed by atoms with Crippen molar-refractivity contribution in [2.45, 2.75) is 152 Å². The summed E-state index contributed by atoms with van der Waals surface area (Å²) in [4.78, 5) is 0. The molecule has 6 rings (SSSR count). The zero-order valence-corrected chi connectivity index (χ0v) is 23.7. The molecule has 0 radical (unpaired) electrons. The summed E-state index contributed by atoms with van der Waals surface area (Å²) in [6, 6.07) is 0. The second-order valence-corrected chi connectivity index (χ2v) is 13.9. The summed E-state index contributed by atoms with van der Waals surface area (Å²) >= 11 is 0. The third-order valence-electron chi connectivity index (χ3n) is 10.3. The first-order valence-electron chi connectivity index (χ1n) is 15.1. The SMILES string of the molecule is CC(C)C12CC(C1)C2.CC(C)C1CCC1.CC(C)C1CCCC1.CC(C)C1CCCCC1. The number of hydrogen-bond acceptors (Lipinski definition) is 0. The number of hydrogen-bond donors (Lipinski definition) is 0. The van der Waals surface area contributed by atoms with Gasteiger partial charge in [0.1, 0.15) is 0 Å². The first-order valence-corrected chi connectivity index (χ1v) is 15.1. The fraction of sp³-hybridized carbons (Fsp3) is 1.00. The molecule has 0 atom stereocenters. The second kappa shape index (κ2) is 13.8. The van der Waals surface area contributed by atoms with Gasteiger partial charge in [0.25, 0.3) is 0 Å². The molecule has 0 nitrogen and oxygen atoms in total. The van der Waals surface area contributed by atoms with Crippen molar-refractivity contribution < 1.29 is 0 Å². The predicted molar refractivity (Wildman–Crippen MR) is 145 cm³/mol. The van der Waals surface area contributed by atoms with Gasteiger partial charge in [0.15, 0.2) is 0 Å². The van der Waals surface area contributed by atoms with Crippen LogP contribution in [0.4, 0.5) is 0 Å². The lowest BCUT2D eigenvalue weighted by atomic mass is 9.41.